The Morgan fingerprint density at radius 1 is 1.29 bits per heavy atom. The minimum Gasteiger partial charge on any atom is -0.0917 e. The second kappa shape index (κ2) is 7.84. The summed E-state index contributed by atoms with van der Waals surface area (Å²) in [6.07, 6.45) is 20.8. The molecule has 0 nitrogen and oxygen atoms in total. The van der Waals surface area contributed by atoms with Crippen molar-refractivity contribution in [2.75, 3.05) is 0 Å². The lowest BCUT2D eigenvalue weighted by atomic mass is 9.89. The second-order valence-electron chi connectivity index (χ2n) is 4.17. The molecule has 1 aliphatic rings. The van der Waals surface area contributed by atoms with Crippen LogP contribution in [0.4, 0.5) is 0 Å². The summed E-state index contributed by atoms with van der Waals surface area (Å²) in [4.78, 5) is 0. The average Bonchev–Trinajstić information content (AvgIpc) is 2.25. The van der Waals surface area contributed by atoms with Crippen LogP contribution in [0.15, 0.2) is 24.3 Å². The number of hydrogen-bond acceptors (Lipinski definition) is 0. The molecule has 1 atom stereocenters. The molecule has 0 heteroatoms. The van der Waals surface area contributed by atoms with Crippen LogP contribution in [0.25, 0.3) is 0 Å². The molecule has 1 aliphatic carbocycles. The minimum absolute atomic E-state index is 0.946. The van der Waals surface area contributed by atoms with E-state index in [1.54, 1.807) is 0 Å². The van der Waals surface area contributed by atoms with Gasteiger partial charge in [-0.15, -0.1) is 0 Å². The van der Waals surface area contributed by atoms with Crippen molar-refractivity contribution in [1.82, 2.24) is 0 Å². The number of hydrogen-bond donors (Lipinski definition) is 0. The monoisotopic (exact) mass is 191 g/mol. The Kier molecular flexibility index (Phi) is 6.47. The van der Waals surface area contributed by atoms with E-state index in [1.807, 2.05) is 0 Å². The van der Waals surface area contributed by atoms with Crippen molar-refractivity contribution in [2.45, 2.75) is 51.9 Å². The lowest BCUT2D eigenvalue weighted by molar-refractivity contribution is 0.465. The first-order chi connectivity index (χ1) is 6.93. The zero-order valence-corrected chi connectivity index (χ0v) is 9.41. The SMILES string of the molecule is C/C=C\CCC[CH]CC1CC=CCC1. The standard InChI is InChI=1S/C14H23/c1-2-3-4-5-6-8-11-14-12-9-7-10-13-14/h2-3,7-9,14H,4-6,10-13H2,1H3/b3-2-. The van der Waals surface area contributed by atoms with Crippen molar-refractivity contribution in [3.05, 3.63) is 30.7 Å². The van der Waals surface area contributed by atoms with Gasteiger partial charge in [0.1, 0.15) is 0 Å². The molecule has 0 amide bonds. The Balaban J connectivity index is 1.90. The highest BCUT2D eigenvalue weighted by Gasteiger charge is 2.08. The molecule has 1 rings (SSSR count). The molecule has 0 spiro atoms. The molecule has 0 saturated heterocycles. The van der Waals surface area contributed by atoms with Crippen LogP contribution < -0.4 is 0 Å². The fourth-order valence-corrected chi connectivity index (χ4v) is 1.97. The summed E-state index contributed by atoms with van der Waals surface area (Å²) >= 11 is 0. The smallest absolute Gasteiger partial charge is 0.0322 e. The maximum Gasteiger partial charge on any atom is -0.0322 e. The molecule has 0 aliphatic heterocycles. The van der Waals surface area contributed by atoms with E-state index in [0.717, 1.165) is 5.92 Å². The Hall–Kier alpha value is -0.520. The lowest BCUT2D eigenvalue weighted by Gasteiger charge is -2.16. The first kappa shape index (κ1) is 11.6. The predicted molar refractivity (Wildman–Crippen MR) is 64.1 cm³/mol. The van der Waals surface area contributed by atoms with E-state index >= 15 is 0 Å². The van der Waals surface area contributed by atoms with Crippen LogP contribution in [0.5, 0.6) is 0 Å². The van der Waals surface area contributed by atoms with Crippen LogP contribution in [0, 0.1) is 12.3 Å². The summed E-state index contributed by atoms with van der Waals surface area (Å²) in [5.74, 6) is 0.946. The Morgan fingerprint density at radius 3 is 2.93 bits per heavy atom. The molecular weight excluding hydrogens is 168 g/mol. The second-order valence-corrected chi connectivity index (χ2v) is 4.17. The minimum atomic E-state index is 0.946. The van der Waals surface area contributed by atoms with Gasteiger partial charge in [0.05, 0.1) is 0 Å². The summed E-state index contributed by atoms with van der Waals surface area (Å²) in [6, 6.07) is 0. The first-order valence-corrected chi connectivity index (χ1v) is 6.01. The van der Waals surface area contributed by atoms with Crippen molar-refractivity contribution in [3.63, 3.8) is 0 Å². The van der Waals surface area contributed by atoms with E-state index in [1.165, 1.54) is 44.9 Å². The molecule has 1 unspecified atom stereocenters. The first-order valence-electron chi connectivity index (χ1n) is 6.01. The largest absolute Gasteiger partial charge is 0.0917 e. The molecule has 0 aromatic rings. The number of rotatable bonds is 6. The van der Waals surface area contributed by atoms with Gasteiger partial charge in [-0.2, -0.15) is 0 Å². The molecule has 0 heterocycles. The quantitative estimate of drug-likeness (QED) is 0.422. The number of allylic oxidation sites excluding steroid dienone is 4. The van der Waals surface area contributed by atoms with Gasteiger partial charge in [0.25, 0.3) is 0 Å². The van der Waals surface area contributed by atoms with Gasteiger partial charge in [-0.05, 0) is 64.2 Å². The molecule has 0 aromatic carbocycles. The highest BCUT2D eigenvalue weighted by atomic mass is 14.1. The van der Waals surface area contributed by atoms with Crippen molar-refractivity contribution in [3.8, 4) is 0 Å². The zero-order valence-electron chi connectivity index (χ0n) is 9.41. The molecule has 1 radical (unpaired) electrons. The zero-order chi connectivity index (χ0) is 10.1. The third kappa shape index (κ3) is 5.26. The van der Waals surface area contributed by atoms with Crippen LogP contribution in [-0.2, 0) is 0 Å². The summed E-state index contributed by atoms with van der Waals surface area (Å²) in [7, 11) is 0. The van der Waals surface area contributed by atoms with Gasteiger partial charge in [-0.25, -0.2) is 0 Å². The average molecular weight is 191 g/mol. The molecular formula is C14H23. The number of unbranched alkanes of at least 4 members (excludes halogenated alkanes) is 3. The van der Waals surface area contributed by atoms with Crippen molar-refractivity contribution >= 4 is 0 Å². The third-order valence-electron chi connectivity index (χ3n) is 2.89. The van der Waals surface area contributed by atoms with Gasteiger partial charge in [0, 0.05) is 0 Å². The van der Waals surface area contributed by atoms with Crippen LogP contribution in [0.1, 0.15) is 51.9 Å². The van der Waals surface area contributed by atoms with Gasteiger partial charge >= 0.3 is 0 Å². The van der Waals surface area contributed by atoms with Crippen molar-refractivity contribution in [1.29, 1.82) is 0 Å². The highest BCUT2D eigenvalue weighted by molar-refractivity contribution is 4.91. The summed E-state index contributed by atoms with van der Waals surface area (Å²) < 4.78 is 0. The predicted octanol–water partition coefficient (Wildman–Crippen LogP) is 4.68. The molecule has 79 valence electrons. The molecule has 0 saturated carbocycles. The summed E-state index contributed by atoms with van der Waals surface area (Å²) in [5, 5.41) is 0. The fourth-order valence-electron chi connectivity index (χ4n) is 1.97. The van der Waals surface area contributed by atoms with Crippen molar-refractivity contribution in [2.24, 2.45) is 5.92 Å². The third-order valence-corrected chi connectivity index (χ3v) is 2.89. The molecule has 0 fully saturated rings. The Morgan fingerprint density at radius 2 is 2.21 bits per heavy atom. The maximum atomic E-state index is 2.49. The maximum absolute atomic E-state index is 2.49. The normalized spacial score (nSPS) is 21.9. The molecule has 0 N–H and O–H groups in total. The van der Waals surface area contributed by atoms with E-state index < -0.39 is 0 Å². The van der Waals surface area contributed by atoms with Gasteiger partial charge in [0.2, 0.25) is 0 Å². The Labute approximate surface area is 89.1 Å². The van der Waals surface area contributed by atoms with Crippen LogP contribution in [-0.4, -0.2) is 0 Å². The fraction of sp³-hybridized carbons (Fsp3) is 0.643. The van der Waals surface area contributed by atoms with Crippen molar-refractivity contribution < 1.29 is 0 Å². The van der Waals surface area contributed by atoms with E-state index in [0.29, 0.717) is 0 Å². The summed E-state index contributed by atoms with van der Waals surface area (Å²) in [5.41, 5.74) is 0. The Bertz CT molecular complexity index is 176. The topological polar surface area (TPSA) is 0 Å². The van der Waals surface area contributed by atoms with Crippen LogP contribution in [0.2, 0.25) is 0 Å². The van der Waals surface area contributed by atoms with Gasteiger partial charge in [-0.3, -0.25) is 0 Å². The van der Waals surface area contributed by atoms with Gasteiger partial charge < -0.3 is 0 Å². The van der Waals surface area contributed by atoms with E-state index in [4.69, 9.17) is 0 Å². The molecule has 14 heavy (non-hydrogen) atoms. The van der Waals surface area contributed by atoms with Crippen LogP contribution in [0.3, 0.4) is 0 Å². The highest BCUT2D eigenvalue weighted by Crippen LogP contribution is 2.23. The van der Waals surface area contributed by atoms with E-state index in [9.17, 15) is 0 Å². The lowest BCUT2D eigenvalue weighted by Crippen LogP contribution is -2.02. The van der Waals surface area contributed by atoms with Gasteiger partial charge in [0.15, 0.2) is 0 Å². The molecule has 0 aromatic heterocycles. The van der Waals surface area contributed by atoms with E-state index in [-0.39, 0.29) is 0 Å². The molecule has 0 bridgehead atoms. The summed E-state index contributed by atoms with van der Waals surface area (Å²) in [6.45, 7) is 2.10. The van der Waals surface area contributed by atoms with E-state index in [2.05, 4.69) is 37.6 Å². The van der Waals surface area contributed by atoms with Gasteiger partial charge in [-0.1, -0.05) is 24.3 Å². The van der Waals surface area contributed by atoms with Crippen LogP contribution >= 0.6 is 0 Å².